The molecule has 3 rings (SSSR count). The maximum Gasteiger partial charge on any atom is 0.322 e. The topological polar surface area (TPSA) is 61.9 Å². The van der Waals surface area contributed by atoms with Crippen molar-refractivity contribution in [3.05, 3.63) is 35.9 Å². The van der Waals surface area contributed by atoms with Gasteiger partial charge in [-0.1, -0.05) is 12.2 Å². The van der Waals surface area contributed by atoms with E-state index in [4.69, 9.17) is 4.74 Å². The van der Waals surface area contributed by atoms with E-state index in [0.717, 1.165) is 13.0 Å². The molecule has 0 saturated heterocycles. The third kappa shape index (κ3) is 4.16. The molecule has 0 spiro atoms. The maximum atomic E-state index is 13.1. The number of anilines is 1. The molecule has 1 aromatic carbocycles. The first-order valence-corrected chi connectivity index (χ1v) is 9.95. The van der Waals surface area contributed by atoms with Crippen molar-refractivity contribution in [1.82, 2.24) is 9.80 Å². The molecule has 0 aromatic heterocycles. The highest BCUT2D eigenvalue weighted by Crippen LogP contribution is 2.43. The molecule has 0 radical (unpaired) electrons. The number of urea groups is 1. The van der Waals surface area contributed by atoms with Gasteiger partial charge in [-0.2, -0.15) is 0 Å². The number of nitrogens with zero attached hydrogens (tertiary/aromatic N) is 2. The minimum atomic E-state index is -0.158. The minimum Gasteiger partial charge on any atom is -0.495 e. The molecule has 0 heterocycles. The van der Waals surface area contributed by atoms with Crippen molar-refractivity contribution >= 4 is 17.6 Å². The molecule has 152 valence electrons. The van der Waals surface area contributed by atoms with Crippen molar-refractivity contribution in [2.45, 2.75) is 32.7 Å². The number of carbonyl (C=O) groups excluding carboxylic acids is 2. The van der Waals surface area contributed by atoms with Crippen LogP contribution in [0.25, 0.3) is 0 Å². The van der Waals surface area contributed by atoms with Gasteiger partial charge in [-0.25, -0.2) is 4.79 Å². The summed E-state index contributed by atoms with van der Waals surface area (Å²) in [4.78, 5) is 28.8. The highest BCUT2D eigenvalue weighted by atomic mass is 16.5. The van der Waals surface area contributed by atoms with Gasteiger partial charge in [0.15, 0.2) is 0 Å². The standard InChI is InChI=1S/C22H31N3O3/c1-14(2)25(13-18-11-15-6-7-16(18)10-15)22(27)23-19-12-17(21(26)24(3)4)8-9-20(19)28-5/h6-9,12,14-16,18H,10-11,13H2,1-5H3,(H,23,27)/t15-,16-,18-/m0/s1. The molecule has 6 nitrogen and oxygen atoms in total. The SMILES string of the molecule is COc1ccc(C(=O)N(C)C)cc1NC(=O)N(C[C@@H]1C[C@H]2C=C[C@H]1C2)C(C)C. The Kier molecular flexibility index (Phi) is 5.96. The maximum absolute atomic E-state index is 13.1. The molecule has 28 heavy (non-hydrogen) atoms. The predicted octanol–water partition coefficient (Wildman–Crippen LogP) is 3.85. The van der Waals surface area contributed by atoms with Gasteiger partial charge in [-0.05, 0) is 62.6 Å². The number of hydrogen-bond donors (Lipinski definition) is 1. The van der Waals surface area contributed by atoms with E-state index in [1.165, 1.54) is 11.3 Å². The summed E-state index contributed by atoms with van der Waals surface area (Å²) in [7, 11) is 4.96. The van der Waals surface area contributed by atoms with E-state index in [9.17, 15) is 9.59 Å². The molecule has 0 aliphatic heterocycles. The van der Waals surface area contributed by atoms with Crippen LogP contribution in [-0.4, -0.2) is 55.5 Å². The number of rotatable bonds is 6. The third-order valence-corrected chi connectivity index (χ3v) is 5.83. The van der Waals surface area contributed by atoms with Crippen LogP contribution in [0.5, 0.6) is 5.75 Å². The summed E-state index contributed by atoms with van der Waals surface area (Å²) in [6.45, 7) is 4.81. The molecule has 1 fully saturated rings. The van der Waals surface area contributed by atoms with Gasteiger partial charge in [0.2, 0.25) is 0 Å². The summed E-state index contributed by atoms with van der Waals surface area (Å²) in [5.74, 6) is 2.21. The van der Waals surface area contributed by atoms with E-state index >= 15 is 0 Å². The largest absolute Gasteiger partial charge is 0.495 e. The van der Waals surface area contributed by atoms with Gasteiger partial charge in [0.1, 0.15) is 5.75 Å². The molecule has 2 bridgehead atoms. The van der Waals surface area contributed by atoms with E-state index in [1.807, 2.05) is 18.7 Å². The van der Waals surface area contributed by atoms with Crippen molar-refractivity contribution in [2.24, 2.45) is 17.8 Å². The van der Waals surface area contributed by atoms with Crippen LogP contribution in [0.2, 0.25) is 0 Å². The molecule has 3 atom stereocenters. The average Bonchev–Trinajstić information content (AvgIpc) is 3.28. The number of methoxy groups -OCH3 is 1. The minimum absolute atomic E-state index is 0.0840. The summed E-state index contributed by atoms with van der Waals surface area (Å²) >= 11 is 0. The van der Waals surface area contributed by atoms with Crippen LogP contribution in [-0.2, 0) is 0 Å². The molecule has 3 amide bonds. The first-order chi connectivity index (χ1) is 13.3. The van der Waals surface area contributed by atoms with Gasteiger partial charge in [-0.3, -0.25) is 4.79 Å². The Morgan fingerprint density at radius 1 is 1.21 bits per heavy atom. The van der Waals surface area contributed by atoms with E-state index < -0.39 is 0 Å². The molecule has 1 N–H and O–H groups in total. The Balaban J connectivity index is 1.76. The van der Waals surface area contributed by atoms with Crippen molar-refractivity contribution < 1.29 is 14.3 Å². The summed E-state index contributed by atoms with van der Waals surface area (Å²) in [5, 5.41) is 2.97. The van der Waals surface area contributed by atoms with Crippen LogP contribution in [0.4, 0.5) is 10.5 Å². The van der Waals surface area contributed by atoms with Gasteiger partial charge in [0.25, 0.3) is 5.91 Å². The lowest BCUT2D eigenvalue weighted by Gasteiger charge is -2.32. The Labute approximate surface area is 167 Å². The lowest BCUT2D eigenvalue weighted by atomic mass is 9.93. The number of amides is 3. The second-order valence-electron chi connectivity index (χ2n) is 8.33. The zero-order valence-corrected chi connectivity index (χ0v) is 17.4. The quantitative estimate of drug-likeness (QED) is 0.757. The molecule has 2 aliphatic carbocycles. The lowest BCUT2D eigenvalue weighted by molar-refractivity contribution is 0.0827. The molecule has 1 saturated carbocycles. The highest BCUT2D eigenvalue weighted by molar-refractivity contribution is 5.97. The Bertz CT molecular complexity index is 772. The fourth-order valence-corrected chi connectivity index (χ4v) is 4.27. The number of hydrogen-bond acceptors (Lipinski definition) is 3. The van der Waals surface area contributed by atoms with Gasteiger partial charge in [0, 0.05) is 32.2 Å². The van der Waals surface area contributed by atoms with Crippen molar-refractivity contribution in [3.8, 4) is 5.75 Å². The number of carbonyl (C=O) groups is 2. The zero-order valence-electron chi connectivity index (χ0n) is 17.4. The van der Waals surface area contributed by atoms with Crippen molar-refractivity contribution in [3.63, 3.8) is 0 Å². The normalized spacial score (nSPS) is 22.4. The lowest BCUT2D eigenvalue weighted by Crippen LogP contribution is -2.43. The van der Waals surface area contributed by atoms with E-state index in [0.29, 0.717) is 34.8 Å². The fraction of sp³-hybridized carbons (Fsp3) is 0.545. The number of ether oxygens (including phenoxy) is 1. The van der Waals surface area contributed by atoms with Crippen molar-refractivity contribution in [2.75, 3.05) is 33.1 Å². The van der Waals surface area contributed by atoms with Crippen LogP contribution < -0.4 is 10.1 Å². The summed E-state index contributed by atoms with van der Waals surface area (Å²) < 4.78 is 5.39. The van der Waals surface area contributed by atoms with E-state index in [1.54, 1.807) is 39.4 Å². The average molecular weight is 386 g/mol. The number of fused-ring (bicyclic) bond motifs is 2. The number of nitrogens with one attached hydrogen (secondary N) is 1. The number of benzene rings is 1. The Morgan fingerprint density at radius 3 is 2.50 bits per heavy atom. The predicted molar refractivity (Wildman–Crippen MR) is 111 cm³/mol. The first-order valence-electron chi connectivity index (χ1n) is 9.95. The summed E-state index contributed by atoms with van der Waals surface area (Å²) in [6.07, 6.45) is 7.02. The second-order valence-corrected chi connectivity index (χ2v) is 8.33. The van der Waals surface area contributed by atoms with Gasteiger partial charge in [0.05, 0.1) is 12.8 Å². The van der Waals surface area contributed by atoms with Gasteiger partial charge >= 0.3 is 6.03 Å². The van der Waals surface area contributed by atoms with E-state index in [2.05, 4.69) is 17.5 Å². The molecule has 0 unspecified atom stereocenters. The monoisotopic (exact) mass is 385 g/mol. The molecule has 6 heteroatoms. The van der Waals surface area contributed by atoms with E-state index in [-0.39, 0.29) is 18.0 Å². The van der Waals surface area contributed by atoms with Gasteiger partial charge < -0.3 is 19.9 Å². The second kappa shape index (κ2) is 8.25. The highest BCUT2D eigenvalue weighted by Gasteiger charge is 2.37. The molecular weight excluding hydrogens is 354 g/mol. The van der Waals surface area contributed by atoms with Crippen LogP contribution in [0, 0.1) is 17.8 Å². The van der Waals surface area contributed by atoms with Gasteiger partial charge in [-0.15, -0.1) is 0 Å². The zero-order chi connectivity index (χ0) is 20.4. The van der Waals surface area contributed by atoms with Crippen LogP contribution >= 0.6 is 0 Å². The Hall–Kier alpha value is -2.50. The van der Waals surface area contributed by atoms with Crippen LogP contribution in [0.3, 0.4) is 0 Å². The fourth-order valence-electron chi connectivity index (χ4n) is 4.27. The summed E-state index contributed by atoms with van der Waals surface area (Å²) in [5.41, 5.74) is 1.02. The first kappa shape index (κ1) is 20.2. The van der Waals surface area contributed by atoms with Crippen LogP contribution in [0.15, 0.2) is 30.4 Å². The summed E-state index contributed by atoms with van der Waals surface area (Å²) in [6, 6.07) is 5.03. The molecular formula is C22H31N3O3. The Morgan fingerprint density at radius 2 is 1.96 bits per heavy atom. The molecule has 1 aromatic rings. The molecule has 2 aliphatic rings. The van der Waals surface area contributed by atoms with Crippen LogP contribution in [0.1, 0.15) is 37.0 Å². The third-order valence-electron chi connectivity index (χ3n) is 5.83. The smallest absolute Gasteiger partial charge is 0.322 e. The van der Waals surface area contributed by atoms with Crippen molar-refractivity contribution in [1.29, 1.82) is 0 Å². The number of allylic oxidation sites excluding steroid dienone is 2.